The average molecular weight is 440 g/mol. The van der Waals surface area contributed by atoms with Gasteiger partial charge in [-0.3, -0.25) is 4.79 Å². The van der Waals surface area contributed by atoms with Gasteiger partial charge in [0.15, 0.2) is 11.5 Å². The van der Waals surface area contributed by atoms with E-state index in [1.807, 2.05) is 41.3 Å². The minimum absolute atomic E-state index is 0.0850. The highest BCUT2D eigenvalue weighted by molar-refractivity contribution is 8.00. The van der Waals surface area contributed by atoms with E-state index in [1.54, 1.807) is 26.4 Å². The number of hydrogen-bond donors (Lipinski definition) is 0. The summed E-state index contributed by atoms with van der Waals surface area (Å²) in [4.78, 5) is 15.3. The third kappa shape index (κ3) is 4.85. The first-order valence-electron chi connectivity index (χ1n) is 10.3. The fraction of sp³-hybridized carbons (Fsp3) is 0.348. The highest BCUT2D eigenvalue weighted by Gasteiger charge is 2.30. The van der Waals surface area contributed by atoms with E-state index in [0.29, 0.717) is 22.6 Å². The van der Waals surface area contributed by atoms with E-state index in [0.717, 1.165) is 37.1 Å². The van der Waals surface area contributed by atoms with E-state index < -0.39 is 5.25 Å². The van der Waals surface area contributed by atoms with Gasteiger partial charge in [0.2, 0.25) is 11.8 Å². The molecular formula is C23H25N3O4S. The first kappa shape index (κ1) is 21.2. The van der Waals surface area contributed by atoms with Crippen LogP contribution in [0.1, 0.15) is 30.1 Å². The Bertz CT molecular complexity index is 1020. The standard InChI is InChI=1S/C23H25N3O4S/c1-28-18-12-11-17(15-19(18)29-2)21-24-25-23(30-21)31-20(16-9-5-3-6-10-16)22(27)26-13-7-4-8-14-26/h3,5-6,9-12,15,20H,4,7-8,13-14H2,1-2H3. The van der Waals surface area contributed by atoms with Gasteiger partial charge in [-0.05, 0) is 54.8 Å². The summed E-state index contributed by atoms with van der Waals surface area (Å²) >= 11 is 1.29. The van der Waals surface area contributed by atoms with Crippen molar-refractivity contribution in [3.8, 4) is 23.0 Å². The number of carbonyl (C=O) groups excluding carboxylic acids is 1. The molecule has 1 aliphatic rings. The van der Waals surface area contributed by atoms with Crippen LogP contribution in [0.25, 0.3) is 11.5 Å². The lowest BCUT2D eigenvalue weighted by atomic mass is 10.1. The Balaban J connectivity index is 1.58. The van der Waals surface area contributed by atoms with Crippen molar-refractivity contribution in [3.63, 3.8) is 0 Å². The van der Waals surface area contributed by atoms with Crippen molar-refractivity contribution in [2.75, 3.05) is 27.3 Å². The molecule has 4 rings (SSSR count). The summed E-state index contributed by atoms with van der Waals surface area (Å²) in [5.41, 5.74) is 1.64. The quantitative estimate of drug-likeness (QED) is 0.498. The van der Waals surface area contributed by atoms with E-state index in [-0.39, 0.29) is 5.91 Å². The molecule has 1 atom stereocenters. The van der Waals surface area contributed by atoms with Crippen LogP contribution < -0.4 is 9.47 Å². The molecular weight excluding hydrogens is 414 g/mol. The zero-order valence-electron chi connectivity index (χ0n) is 17.6. The molecule has 1 aliphatic heterocycles. The topological polar surface area (TPSA) is 77.7 Å². The summed E-state index contributed by atoms with van der Waals surface area (Å²) in [6, 6.07) is 15.2. The van der Waals surface area contributed by atoms with Crippen molar-refractivity contribution in [2.45, 2.75) is 29.7 Å². The van der Waals surface area contributed by atoms with E-state index in [2.05, 4.69) is 10.2 Å². The molecule has 0 spiro atoms. The Morgan fingerprint density at radius 3 is 2.45 bits per heavy atom. The fourth-order valence-corrected chi connectivity index (χ4v) is 4.57. The third-order valence-electron chi connectivity index (χ3n) is 5.25. The molecule has 1 unspecified atom stereocenters. The molecule has 31 heavy (non-hydrogen) atoms. The second-order valence-electron chi connectivity index (χ2n) is 7.24. The van der Waals surface area contributed by atoms with Crippen molar-refractivity contribution in [2.24, 2.45) is 0 Å². The number of benzene rings is 2. The number of nitrogens with zero attached hydrogens (tertiary/aromatic N) is 3. The lowest BCUT2D eigenvalue weighted by Crippen LogP contribution is -2.38. The van der Waals surface area contributed by atoms with Crippen molar-refractivity contribution in [3.05, 3.63) is 54.1 Å². The summed E-state index contributed by atoms with van der Waals surface area (Å²) in [6.45, 7) is 1.59. The Hall–Kier alpha value is -3.00. The zero-order chi connectivity index (χ0) is 21.6. The van der Waals surface area contributed by atoms with Crippen LogP contribution in [-0.2, 0) is 4.79 Å². The molecule has 0 aliphatic carbocycles. The van der Waals surface area contributed by atoms with E-state index >= 15 is 0 Å². The van der Waals surface area contributed by atoms with Crippen LogP contribution in [0.4, 0.5) is 0 Å². The summed E-state index contributed by atoms with van der Waals surface area (Å²) < 4.78 is 16.5. The predicted molar refractivity (Wildman–Crippen MR) is 118 cm³/mol. The Morgan fingerprint density at radius 1 is 1.00 bits per heavy atom. The largest absolute Gasteiger partial charge is 0.493 e. The van der Waals surface area contributed by atoms with Crippen molar-refractivity contribution < 1.29 is 18.7 Å². The van der Waals surface area contributed by atoms with Crippen LogP contribution in [0.15, 0.2) is 58.2 Å². The molecule has 1 amide bonds. The second kappa shape index (κ2) is 9.87. The molecule has 3 aromatic rings. The number of ether oxygens (including phenoxy) is 2. The van der Waals surface area contributed by atoms with Crippen LogP contribution in [-0.4, -0.2) is 48.3 Å². The number of piperidine rings is 1. The van der Waals surface area contributed by atoms with Gasteiger partial charge in [-0.1, -0.05) is 30.3 Å². The first-order chi connectivity index (χ1) is 15.2. The molecule has 1 fully saturated rings. The molecule has 8 heteroatoms. The molecule has 2 heterocycles. The summed E-state index contributed by atoms with van der Waals surface area (Å²) in [5.74, 6) is 1.65. The number of hydrogen-bond acceptors (Lipinski definition) is 7. The fourth-order valence-electron chi connectivity index (χ4n) is 3.61. The molecule has 162 valence electrons. The minimum Gasteiger partial charge on any atom is -0.493 e. The maximum Gasteiger partial charge on any atom is 0.277 e. The van der Waals surface area contributed by atoms with Crippen molar-refractivity contribution >= 4 is 17.7 Å². The minimum atomic E-state index is -0.432. The smallest absolute Gasteiger partial charge is 0.277 e. The maximum absolute atomic E-state index is 13.3. The number of methoxy groups -OCH3 is 2. The number of likely N-dealkylation sites (tertiary alicyclic amines) is 1. The average Bonchev–Trinajstić information content (AvgIpc) is 3.31. The van der Waals surface area contributed by atoms with Gasteiger partial charge in [0, 0.05) is 18.7 Å². The van der Waals surface area contributed by atoms with E-state index in [1.165, 1.54) is 18.2 Å². The van der Waals surface area contributed by atoms with Gasteiger partial charge in [0.1, 0.15) is 5.25 Å². The van der Waals surface area contributed by atoms with Crippen molar-refractivity contribution in [1.29, 1.82) is 0 Å². The number of rotatable bonds is 7. The van der Waals surface area contributed by atoms with Crippen LogP contribution in [0, 0.1) is 0 Å². The van der Waals surface area contributed by atoms with Gasteiger partial charge < -0.3 is 18.8 Å². The van der Waals surface area contributed by atoms with Crippen molar-refractivity contribution in [1.82, 2.24) is 15.1 Å². The second-order valence-corrected chi connectivity index (χ2v) is 8.29. The normalized spacial score (nSPS) is 14.8. The van der Waals surface area contributed by atoms with Gasteiger partial charge in [-0.25, -0.2) is 0 Å². The van der Waals surface area contributed by atoms with E-state index in [4.69, 9.17) is 13.9 Å². The number of aromatic nitrogens is 2. The number of amides is 1. The number of thioether (sulfide) groups is 1. The molecule has 1 saturated heterocycles. The van der Waals surface area contributed by atoms with Crippen LogP contribution in [0.5, 0.6) is 11.5 Å². The Morgan fingerprint density at radius 2 is 1.74 bits per heavy atom. The molecule has 0 N–H and O–H groups in total. The van der Waals surface area contributed by atoms with Gasteiger partial charge in [-0.15, -0.1) is 10.2 Å². The summed E-state index contributed by atoms with van der Waals surface area (Å²) in [6.07, 6.45) is 3.26. The van der Waals surface area contributed by atoms with Crippen LogP contribution >= 0.6 is 11.8 Å². The molecule has 2 aromatic carbocycles. The highest BCUT2D eigenvalue weighted by Crippen LogP contribution is 2.38. The lowest BCUT2D eigenvalue weighted by Gasteiger charge is -2.29. The monoisotopic (exact) mass is 439 g/mol. The third-order valence-corrected chi connectivity index (χ3v) is 6.33. The zero-order valence-corrected chi connectivity index (χ0v) is 18.4. The molecule has 1 aromatic heterocycles. The molecule has 0 saturated carbocycles. The van der Waals surface area contributed by atoms with Crippen LogP contribution in [0.2, 0.25) is 0 Å². The molecule has 7 nitrogen and oxygen atoms in total. The summed E-state index contributed by atoms with van der Waals surface area (Å²) in [5, 5.41) is 8.28. The molecule has 0 radical (unpaired) electrons. The summed E-state index contributed by atoms with van der Waals surface area (Å²) in [7, 11) is 3.16. The molecule has 0 bridgehead atoms. The maximum atomic E-state index is 13.3. The SMILES string of the molecule is COc1ccc(-c2nnc(SC(C(=O)N3CCCCC3)c3ccccc3)o2)cc1OC. The Kier molecular flexibility index (Phi) is 6.76. The van der Waals surface area contributed by atoms with E-state index in [9.17, 15) is 4.79 Å². The van der Waals surface area contributed by atoms with Gasteiger partial charge in [0.05, 0.1) is 14.2 Å². The van der Waals surface area contributed by atoms with Gasteiger partial charge in [0.25, 0.3) is 5.22 Å². The van der Waals surface area contributed by atoms with Gasteiger partial charge in [-0.2, -0.15) is 0 Å². The highest BCUT2D eigenvalue weighted by atomic mass is 32.2. The lowest BCUT2D eigenvalue weighted by molar-refractivity contribution is -0.131. The Labute approximate surface area is 185 Å². The van der Waals surface area contributed by atoms with Crippen LogP contribution in [0.3, 0.4) is 0 Å². The predicted octanol–water partition coefficient (Wildman–Crippen LogP) is 4.60. The number of carbonyl (C=O) groups is 1. The first-order valence-corrected chi connectivity index (χ1v) is 11.1. The van der Waals surface area contributed by atoms with Gasteiger partial charge >= 0.3 is 0 Å².